The predicted molar refractivity (Wildman–Crippen MR) is 145 cm³/mol. The molecule has 0 bridgehead atoms. The number of aliphatic hydroxyl groups excluding tert-OH is 1. The molecular weight excluding hydrogens is 517 g/mol. The molecule has 202 valence electrons. The molecule has 1 saturated heterocycles. The summed E-state index contributed by atoms with van der Waals surface area (Å²) in [6, 6.07) is 10.2. The maximum atomic E-state index is 15.5. The van der Waals surface area contributed by atoms with Crippen molar-refractivity contribution in [3.8, 4) is 11.5 Å². The second-order valence-electron chi connectivity index (χ2n) is 9.12. The lowest BCUT2D eigenvalue weighted by molar-refractivity contribution is -0.136. The Morgan fingerprint density at radius 3 is 2.88 bits per heavy atom. The summed E-state index contributed by atoms with van der Waals surface area (Å²) in [4.78, 5) is 32.6. The second kappa shape index (κ2) is 10.2. The number of aliphatic hydroxyl groups is 1. The fourth-order valence-corrected chi connectivity index (χ4v) is 4.53. The number of aromatic nitrogens is 6. The van der Waals surface area contributed by atoms with Crippen LogP contribution in [-0.2, 0) is 4.79 Å². The molecule has 6 rings (SSSR count). The molecule has 13 heteroatoms. The lowest BCUT2D eigenvalue weighted by Gasteiger charge is -2.38. The smallest absolute Gasteiger partial charge is 0.248 e. The molecule has 1 atom stereocenters. The average molecular weight is 542 g/mol. The fourth-order valence-electron chi connectivity index (χ4n) is 4.53. The van der Waals surface area contributed by atoms with Crippen LogP contribution in [0.2, 0.25) is 0 Å². The monoisotopic (exact) mass is 541 g/mol. The summed E-state index contributed by atoms with van der Waals surface area (Å²) >= 11 is 0. The number of carbonyl (C=O) groups is 1. The third kappa shape index (κ3) is 4.62. The van der Waals surface area contributed by atoms with Gasteiger partial charge in [-0.25, -0.2) is 28.8 Å². The number of ether oxygens (including phenoxy) is 1. The van der Waals surface area contributed by atoms with Crippen LogP contribution in [0.4, 0.5) is 21.7 Å². The topological polar surface area (TPSA) is 134 Å². The number of hydrogen-bond acceptors (Lipinski definition) is 10. The van der Waals surface area contributed by atoms with Crippen molar-refractivity contribution in [3.63, 3.8) is 0 Å². The van der Waals surface area contributed by atoms with Gasteiger partial charge in [0, 0.05) is 30.9 Å². The number of nitrogens with zero attached hydrogens (tertiary/aromatic N) is 8. The summed E-state index contributed by atoms with van der Waals surface area (Å²) in [5.74, 6) is 0.908. The molecular formula is C27H24FN9O3. The van der Waals surface area contributed by atoms with E-state index in [2.05, 4.69) is 31.9 Å². The number of amides is 1. The second-order valence-corrected chi connectivity index (χ2v) is 9.12. The van der Waals surface area contributed by atoms with Crippen molar-refractivity contribution in [1.29, 1.82) is 0 Å². The molecule has 0 spiro atoms. The van der Waals surface area contributed by atoms with Crippen LogP contribution in [0.15, 0.2) is 67.9 Å². The van der Waals surface area contributed by atoms with Gasteiger partial charge in [0.1, 0.15) is 41.7 Å². The van der Waals surface area contributed by atoms with Crippen molar-refractivity contribution in [2.24, 2.45) is 0 Å². The molecule has 1 fully saturated rings. The average Bonchev–Trinajstić information content (AvgIpc) is 3.44. The number of fused-ring (bicyclic) bond motifs is 2. The molecule has 40 heavy (non-hydrogen) atoms. The van der Waals surface area contributed by atoms with Crippen LogP contribution in [0.3, 0.4) is 0 Å². The van der Waals surface area contributed by atoms with E-state index in [-0.39, 0.29) is 18.1 Å². The van der Waals surface area contributed by atoms with E-state index in [0.29, 0.717) is 58.5 Å². The van der Waals surface area contributed by atoms with E-state index in [1.165, 1.54) is 23.6 Å². The number of anilines is 3. The summed E-state index contributed by atoms with van der Waals surface area (Å²) in [6.45, 7) is 6.06. The van der Waals surface area contributed by atoms with Gasteiger partial charge in [-0.3, -0.25) is 4.79 Å². The van der Waals surface area contributed by atoms with Crippen LogP contribution in [-0.4, -0.2) is 71.3 Å². The van der Waals surface area contributed by atoms with Gasteiger partial charge in [0.2, 0.25) is 5.91 Å². The van der Waals surface area contributed by atoms with Crippen LogP contribution in [0.25, 0.3) is 16.7 Å². The Hall–Kier alpha value is -5.17. The molecule has 0 aliphatic carbocycles. The Kier molecular flexibility index (Phi) is 6.40. The minimum Gasteiger partial charge on any atom is -0.457 e. The third-order valence-electron chi connectivity index (χ3n) is 6.67. The standard InChI is InChI=1S/C27H24FN9O3/c1-3-23(38)36-11-10-35(13-24(36)39)21-7-5-19-26(34-21)27(31-14-29-19)33-18-4-6-20(16(2)25(18)28)40-17-8-9-37-22(12-17)30-15-32-37/h3-9,12,14-15,24,39H,1,10-11,13H2,2H3,(H,29,31,33)/t24-/m1/s1. The Morgan fingerprint density at radius 1 is 1.18 bits per heavy atom. The molecule has 5 aromatic rings. The highest BCUT2D eigenvalue weighted by Gasteiger charge is 2.28. The molecule has 0 unspecified atom stereocenters. The van der Waals surface area contributed by atoms with Crippen LogP contribution >= 0.6 is 0 Å². The highest BCUT2D eigenvalue weighted by atomic mass is 19.1. The minimum absolute atomic E-state index is 0.174. The van der Waals surface area contributed by atoms with E-state index >= 15 is 4.39 Å². The van der Waals surface area contributed by atoms with Crippen LogP contribution in [0, 0.1) is 12.7 Å². The Bertz CT molecular complexity index is 1760. The number of nitrogens with one attached hydrogen (secondary N) is 1. The van der Waals surface area contributed by atoms with Crippen molar-refractivity contribution in [2.45, 2.75) is 13.2 Å². The third-order valence-corrected chi connectivity index (χ3v) is 6.67. The van der Waals surface area contributed by atoms with Crippen LogP contribution < -0.4 is 15.0 Å². The molecule has 1 aromatic carbocycles. The van der Waals surface area contributed by atoms with Crippen molar-refractivity contribution in [1.82, 2.24) is 34.4 Å². The van der Waals surface area contributed by atoms with Gasteiger partial charge >= 0.3 is 0 Å². The zero-order chi connectivity index (χ0) is 27.8. The number of hydrogen-bond donors (Lipinski definition) is 2. The van der Waals surface area contributed by atoms with Crippen LogP contribution in [0.1, 0.15) is 5.56 Å². The zero-order valence-electron chi connectivity index (χ0n) is 21.4. The normalized spacial score (nSPS) is 15.4. The van der Waals surface area contributed by atoms with Gasteiger partial charge < -0.3 is 25.0 Å². The first kappa shape index (κ1) is 25.1. The maximum Gasteiger partial charge on any atom is 0.248 e. The molecule has 12 nitrogen and oxygen atoms in total. The summed E-state index contributed by atoms with van der Waals surface area (Å²) < 4.78 is 23.0. The first-order chi connectivity index (χ1) is 19.4. The number of halogens is 1. The molecule has 5 heterocycles. The first-order valence-electron chi connectivity index (χ1n) is 12.4. The van der Waals surface area contributed by atoms with E-state index < -0.39 is 12.0 Å². The van der Waals surface area contributed by atoms with Gasteiger partial charge in [-0.05, 0) is 43.3 Å². The van der Waals surface area contributed by atoms with E-state index in [1.807, 2.05) is 4.90 Å². The number of β-amino-alcohol motifs (C(OH)–C–C–N with tert-alkyl or cyclic N) is 1. The molecule has 0 radical (unpaired) electrons. The van der Waals surface area contributed by atoms with E-state index in [0.717, 1.165) is 0 Å². The summed E-state index contributed by atoms with van der Waals surface area (Å²) in [5.41, 5.74) is 2.09. The fraction of sp³-hybridized carbons (Fsp3) is 0.185. The van der Waals surface area contributed by atoms with Gasteiger partial charge in [0.05, 0.1) is 17.7 Å². The number of piperazine rings is 1. The zero-order valence-corrected chi connectivity index (χ0v) is 21.4. The predicted octanol–water partition coefficient (Wildman–Crippen LogP) is 3.20. The quantitative estimate of drug-likeness (QED) is 0.309. The first-order valence-corrected chi connectivity index (χ1v) is 12.4. The molecule has 0 saturated carbocycles. The number of carbonyl (C=O) groups excluding carboxylic acids is 1. The highest BCUT2D eigenvalue weighted by Crippen LogP contribution is 2.33. The van der Waals surface area contributed by atoms with E-state index in [1.54, 1.807) is 54.0 Å². The number of benzene rings is 1. The Labute approximate surface area is 227 Å². The van der Waals surface area contributed by atoms with E-state index in [9.17, 15) is 9.90 Å². The largest absolute Gasteiger partial charge is 0.457 e. The van der Waals surface area contributed by atoms with Gasteiger partial charge in [0.15, 0.2) is 17.3 Å². The van der Waals surface area contributed by atoms with Gasteiger partial charge in [-0.15, -0.1) is 0 Å². The van der Waals surface area contributed by atoms with Crippen LogP contribution in [0.5, 0.6) is 11.5 Å². The molecule has 1 amide bonds. The van der Waals surface area contributed by atoms with Gasteiger partial charge in [0.25, 0.3) is 0 Å². The van der Waals surface area contributed by atoms with E-state index in [4.69, 9.17) is 9.72 Å². The highest BCUT2D eigenvalue weighted by molar-refractivity contribution is 5.89. The van der Waals surface area contributed by atoms with Crippen molar-refractivity contribution in [3.05, 3.63) is 79.3 Å². The molecule has 1 aliphatic heterocycles. The molecule has 1 aliphatic rings. The summed E-state index contributed by atoms with van der Waals surface area (Å²) in [5, 5.41) is 17.6. The Balaban J connectivity index is 1.25. The summed E-state index contributed by atoms with van der Waals surface area (Å²) in [6.07, 6.45) is 4.70. The number of pyridine rings is 2. The SMILES string of the molecule is C=CC(=O)N1CCN(c2ccc3ncnc(Nc4ccc(Oc5ccn6ncnc6c5)c(C)c4F)c3n2)C[C@H]1O. The molecule has 2 N–H and O–H groups in total. The lowest BCUT2D eigenvalue weighted by Crippen LogP contribution is -2.55. The lowest BCUT2D eigenvalue weighted by atomic mass is 10.1. The van der Waals surface area contributed by atoms with Crippen molar-refractivity contribution >= 4 is 39.9 Å². The van der Waals surface area contributed by atoms with Gasteiger partial charge in [-0.2, -0.15) is 5.10 Å². The van der Waals surface area contributed by atoms with Crippen molar-refractivity contribution < 1.29 is 19.0 Å². The molecule has 4 aromatic heterocycles. The van der Waals surface area contributed by atoms with Crippen molar-refractivity contribution in [2.75, 3.05) is 29.9 Å². The maximum absolute atomic E-state index is 15.5. The van der Waals surface area contributed by atoms with Gasteiger partial charge in [-0.1, -0.05) is 6.58 Å². The Morgan fingerprint density at radius 2 is 2.05 bits per heavy atom. The number of rotatable bonds is 6. The minimum atomic E-state index is -1.00. The summed E-state index contributed by atoms with van der Waals surface area (Å²) in [7, 11) is 0.